The van der Waals surface area contributed by atoms with Gasteiger partial charge in [0, 0.05) is 18.7 Å². The van der Waals surface area contributed by atoms with Crippen LogP contribution in [0, 0.1) is 5.82 Å². The molecule has 0 aromatic heterocycles. The minimum Gasteiger partial charge on any atom is -0.422 e. The van der Waals surface area contributed by atoms with Crippen molar-refractivity contribution in [2.24, 2.45) is 0 Å². The first kappa shape index (κ1) is 23.4. The summed E-state index contributed by atoms with van der Waals surface area (Å²) < 4.78 is 26.5. The molecule has 2 heterocycles. The molecule has 33 heavy (non-hydrogen) atoms. The van der Waals surface area contributed by atoms with Crippen LogP contribution in [-0.4, -0.2) is 44.3 Å². The Morgan fingerprint density at radius 1 is 1.18 bits per heavy atom. The highest BCUT2D eigenvalue weighted by atomic mass is 28.4. The van der Waals surface area contributed by atoms with Gasteiger partial charge in [-0.2, -0.15) is 0 Å². The van der Waals surface area contributed by atoms with E-state index in [2.05, 4.69) is 33.9 Å². The molecule has 1 amide bonds. The van der Waals surface area contributed by atoms with Crippen molar-refractivity contribution in [1.29, 1.82) is 0 Å². The highest BCUT2D eigenvalue weighted by Gasteiger charge is 2.41. The van der Waals surface area contributed by atoms with Crippen LogP contribution in [0.25, 0.3) is 11.8 Å². The van der Waals surface area contributed by atoms with Gasteiger partial charge in [-0.15, -0.1) is 0 Å². The molecule has 0 spiro atoms. The van der Waals surface area contributed by atoms with Crippen molar-refractivity contribution in [2.45, 2.75) is 51.4 Å². The van der Waals surface area contributed by atoms with Crippen LogP contribution in [0.15, 0.2) is 42.5 Å². The molecule has 0 bridgehead atoms. The molecule has 5 nitrogen and oxygen atoms in total. The van der Waals surface area contributed by atoms with Gasteiger partial charge in [-0.05, 0) is 54.4 Å². The van der Waals surface area contributed by atoms with Gasteiger partial charge in [0.2, 0.25) is 0 Å². The molecule has 0 radical (unpaired) electrons. The summed E-state index contributed by atoms with van der Waals surface area (Å²) in [5.41, 5.74) is 1.78. The van der Waals surface area contributed by atoms with Crippen molar-refractivity contribution >= 4 is 32.0 Å². The van der Waals surface area contributed by atoms with Crippen molar-refractivity contribution in [3.63, 3.8) is 0 Å². The zero-order chi connectivity index (χ0) is 24.0. The number of ether oxygens (including phenoxy) is 1. The molecule has 1 fully saturated rings. The smallest absolute Gasteiger partial charge is 0.344 e. The molecule has 0 unspecified atom stereocenters. The Hall–Kier alpha value is -2.77. The predicted octanol–water partition coefficient (Wildman–Crippen LogP) is 5.73. The first-order valence-electron chi connectivity index (χ1n) is 11.3. The van der Waals surface area contributed by atoms with Gasteiger partial charge in [0.15, 0.2) is 8.32 Å². The van der Waals surface area contributed by atoms with Crippen molar-refractivity contribution in [3.05, 3.63) is 70.5 Å². The zero-order valence-corrected chi connectivity index (χ0v) is 20.8. The van der Waals surface area contributed by atoms with Crippen molar-refractivity contribution < 1.29 is 23.1 Å². The molecule has 7 heteroatoms. The van der Waals surface area contributed by atoms with Gasteiger partial charge < -0.3 is 14.1 Å². The summed E-state index contributed by atoms with van der Waals surface area (Å²) in [5, 5.41) is 0.0840. The largest absolute Gasteiger partial charge is 0.422 e. The fourth-order valence-corrected chi connectivity index (χ4v) is 5.29. The number of benzene rings is 2. The Morgan fingerprint density at radius 2 is 1.88 bits per heavy atom. The third kappa shape index (κ3) is 4.65. The lowest BCUT2D eigenvalue weighted by atomic mass is 10.0. The Morgan fingerprint density at radius 3 is 2.58 bits per heavy atom. The Bertz CT molecular complexity index is 1140. The molecule has 2 aliphatic heterocycles. The minimum atomic E-state index is -1.95. The second kappa shape index (κ2) is 8.54. The normalized spacial score (nSPS) is 19.7. The number of carbonyl (C=O) groups excluding carboxylic acids is 2. The summed E-state index contributed by atoms with van der Waals surface area (Å²) in [5.74, 6) is -0.942. The molecule has 4 rings (SSSR count). The molecule has 2 aliphatic rings. The lowest BCUT2D eigenvalue weighted by Crippen LogP contribution is -2.44. The van der Waals surface area contributed by atoms with Crippen molar-refractivity contribution in [3.8, 4) is 0 Å². The molecule has 0 saturated carbocycles. The summed E-state index contributed by atoms with van der Waals surface area (Å²) in [6, 6.07) is 11.5. The lowest BCUT2D eigenvalue weighted by Gasteiger charge is -2.38. The SMILES string of the molecule is CC(C)(C)[Si](C)(C)O[C@H]1CCN(C(=O)c2cc(C=C3OC(=O)c4ccccc43)ccc2F)C1. The van der Waals surface area contributed by atoms with E-state index in [1.54, 1.807) is 35.2 Å². The van der Waals surface area contributed by atoms with E-state index in [-0.39, 0.29) is 22.6 Å². The molecule has 2 aromatic rings. The van der Waals surface area contributed by atoms with Crippen molar-refractivity contribution in [2.75, 3.05) is 13.1 Å². The maximum absolute atomic E-state index is 14.6. The van der Waals surface area contributed by atoms with E-state index in [1.165, 1.54) is 12.1 Å². The van der Waals surface area contributed by atoms with E-state index in [0.29, 0.717) is 35.5 Å². The first-order valence-corrected chi connectivity index (χ1v) is 14.2. The van der Waals surface area contributed by atoms with E-state index < -0.39 is 20.1 Å². The van der Waals surface area contributed by atoms with Gasteiger partial charge in [-0.1, -0.05) is 45.0 Å². The first-order chi connectivity index (χ1) is 15.5. The summed E-state index contributed by atoms with van der Waals surface area (Å²) in [6.07, 6.45) is 2.38. The molecule has 2 aromatic carbocycles. The van der Waals surface area contributed by atoms with Gasteiger partial charge in [0.25, 0.3) is 5.91 Å². The summed E-state index contributed by atoms with van der Waals surface area (Å²) >= 11 is 0. The third-order valence-electron chi connectivity index (χ3n) is 6.83. The third-order valence-corrected chi connectivity index (χ3v) is 11.4. The molecular formula is C26H30FNO4Si. The zero-order valence-electron chi connectivity index (χ0n) is 19.8. The topological polar surface area (TPSA) is 55.8 Å². The Labute approximate surface area is 195 Å². The van der Waals surface area contributed by atoms with Gasteiger partial charge in [-0.25, -0.2) is 9.18 Å². The van der Waals surface area contributed by atoms with Crippen LogP contribution in [0.5, 0.6) is 0 Å². The number of esters is 1. The maximum Gasteiger partial charge on any atom is 0.344 e. The second-order valence-electron chi connectivity index (χ2n) is 10.2. The summed E-state index contributed by atoms with van der Waals surface area (Å²) in [4.78, 5) is 26.9. The number of halogens is 1. The average Bonchev–Trinajstić information content (AvgIpc) is 3.33. The standard InChI is InChI=1S/C26H30FNO4Si/c1-26(2,3)33(4,5)32-18-12-13-28(16-18)24(29)21-14-17(10-11-22(21)27)15-23-19-8-6-7-9-20(19)25(30)31-23/h6-11,14-15,18H,12-13,16H2,1-5H3/t18-/m0/s1. The molecule has 1 atom stereocenters. The van der Waals surface area contributed by atoms with Gasteiger partial charge in [-0.3, -0.25) is 4.79 Å². The average molecular weight is 468 g/mol. The van der Waals surface area contributed by atoms with E-state index >= 15 is 0 Å². The number of likely N-dealkylation sites (tertiary alicyclic amines) is 1. The van der Waals surface area contributed by atoms with E-state index in [4.69, 9.17) is 9.16 Å². The number of carbonyl (C=O) groups is 2. The molecule has 0 aliphatic carbocycles. The molecular weight excluding hydrogens is 437 g/mol. The van der Waals surface area contributed by atoms with Crippen LogP contribution in [0.2, 0.25) is 18.1 Å². The number of nitrogens with zero attached hydrogens (tertiary/aromatic N) is 1. The predicted molar refractivity (Wildman–Crippen MR) is 129 cm³/mol. The van der Waals surface area contributed by atoms with Crippen molar-refractivity contribution in [1.82, 2.24) is 4.90 Å². The van der Waals surface area contributed by atoms with E-state index in [0.717, 1.165) is 6.42 Å². The van der Waals surface area contributed by atoms with Crippen LogP contribution >= 0.6 is 0 Å². The number of hydrogen-bond acceptors (Lipinski definition) is 4. The summed E-state index contributed by atoms with van der Waals surface area (Å²) in [7, 11) is -1.95. The quantitative estimate of drug-likeness (QED) is 0.426. The monoisotopic (exact) mass is 467 g/mol. The van der Waals surface area contributed by atoms with E-state index in [9.17, 15) is 14.0 Å². The van der Waals surface area contributed by atoms with Crippen LogP contribution in [-0.2, 0) is 9.16 Å². The minimum absolute atomic E-state index is 0.00920. The number of cyclic esters (lactones) is 1. The Balaban J connectivity index is 1.52. The molecule has 0 N–H and O–H groups in total. The molecule has 1 saturated heterocycles. The molecule has 174 valence electrons. The number of rotatable bonds is 4. The number of hydrogen-bond donors (Lipinski definition) is 0. The fraction of sp³-hybridized carbons (Fsp3) is 0.385. The Kier molecular flexibility index (Phi) is 6.05. The van der Waals surface area contributed by atoms with Crippen LogP contribution in [0.4, 0.5) is 4.39 Å². The fourth-order valence-electron chi connectivity index (χ4n) is 3.91. The van der Waals surface area contributed by atoms with Gasteiger partial charge in [0.05, 0.1) is 17.2 Å². The van der Waals surface area contributed by atoms with Gasteiger partial charge in [0.1, 0.15) is 11.6 Å². The maximum atomic E-state index is 14.6. The summed E-state index contributed by atoms with van der Waals surface area (Å²) in [6.45, 7) is 11.9. The number of fused-ring (bicyclic) bond motifs is 1. The van der Waals surface area contributed by atoms with Crippen LogP contribution < -0.4 is 0 Å². The highest BCUT2D eigenvalue weighted by molar-refractivity contribution is 6.74. The van der Waals surface area contributed by atoms with Crippen LogP contribution in [0.1, 0.15) is 59.0 Å². The van der Waals surface area contributed by atoms with Crippen LogP contribution in [0.3, 0.4) is 0 Å². The van der Waals surface area contributed by atoms with E-state index in [1.807, 2.05) is 6.07 Å². The lowest BCUT2D eigenvalue weighted by molar-refractivity contribution is 0.0715. The number of amides is 1. The van der Waals surface area contributed by atoms with Gasteiger partial charge >= 0.3 is 5.97 Å². The highest BCUT2D eigenvalue weighted by Crippen LogP contribution is 2.38. The second-order valence-corrected chi connectivity index (χ2v) is 15.0.